The summed E-state index contributed by atoms with van der Waals surface area (Å²) in [6.07, 6.45) is 1.98. The molecule has 0 N–H and O–H groups in total. The molecule has 2 heterocycles. The first-order chi connectivity index (χ1) is 11.1. The molecule has 118 valence electrons. The third-order valence-corrected chi connectivity index (χ3v) is 3.90. The van der Waals surface area contributed by atoms with Gasteiger partial charge in [-0.3, -0.25) is 4.40 Å². The molecule has 0 saturated carbocycles. The predicted octanol–water partition coefficient (Wildman–Crippen LogP) is 6.00. The number of nitrogens with zero attached hydrogens (tertiary/aromatic N) is 4. The summed E-state index contributed by atoms with van der Waals surface area (Å²) in [6.45, 7) is 8.62. The highest BCUT2D eigenvalue weighted by Gasteiger charge is 2.14. The van der Waals surface area contributed by atoms with E-state index >= 15 is 0 Å². The Morgan fingerprint density at radius 3 is 2.26 bits per heavy atom. The van der Waals surface area contributed by atoms with Gasteiger partial charge in [0.05, 0.1) is 11.4 Å². The Bertz CT molecular complexity index is 826. The van der Waals surface area contributed by atoms with Crippen molar-refractivity contribution >= 4 is 17.2 Å². The van der Waals surface area contributed by atoms with Gasteiger partial charge >= 0.3 is 0 Å². The van der Waals surface area contributed by atoms with Crippen LogP contribution in [0.1, 0.15) is 50.8 Å². The summed E-state index contributed by atoms with van der Waals surface area (Å²) >= 11 is 0. The lowest BCUT2D eigenvalue weighted by Crippen LogP contribution is -1.87. The Hall–Kier alpha value is -2.49. The molecule has 0 bridgehead atoms. The standard InChI is InChI=1S/C19H22N4/c1-13(2)15-8-10-16(11-9-15)21-22-19-18(14(3)4)20-17-7-5-6-12-23(17)19/h5-14H,1-4H3. The zero-order valence-corrected chi connectivity index (χ0v) is 14.1. The molecular formula is C19H22N4. The summed E-state index contributed by atoms with van der Waals surface area (Å²) in [7, 11) is 0. The molecule has 3 aromatic rings. The number of hydrogen-bond donors (Lipinski definition) is 0. The number of fused-ring (bicyclic) bond motifs is 1. The predicted molar refractivity (Wildman–Crippen MR) is 94.0 cm³/mol. The van der Waals surface area contributed by atoms with Crippen molar-refractivity contribution in [2.45, 2.75) is 39.5 Å². The summed E-state index contributed by atoms with van der Waals surface area (Å²) in [6, 6.07) is 14.2. The molecule has 0 fully saturated rings. The fraction of sp³-hybridized carbons (Fsp3) is 0.316. The van der Waals surface area contributed by atoms with E-state index in [2.05, 4.69) is 55.0 Å². The molecule has 1 aromatic carbocycles. The van der Waals surface area contributed by atoms with E-state index in [4.69, 9.17) is 0 Å². The van der Waals surface area contributed by atoms with Gasteiger partial charge in [0.25, 0.3) is 0 Å². The highest BCUT2D eigenvalue weighted by Crippen LogP contribution is 2.29. The average molecular weight is 306 g/mol. The lowest BCUT2D eigenvalue weighted by atomic mass is 10.0. The van der Waals surface area contributed by atoms with Crippen LogP contribution in [-0.4, -0.2) is 9.38 Å². The summed E-state index contributed by atoms with van der Waals surface area (Å²) in [5, 5.41) is 8.89. The van der Waals surface area contributed by atoms with Crippen molar-refractivity contribution in [2.24, 2.45) is 10.2 Å². The maximum Gasteiger partial charge on any atom is 0.183 e. The van der Waals surface area contributed by atoms with E-state index < -0.39 is 0 Å². The van der Waals surface area contributed by atoms with Gasteiger partial charge < -0.3 is 0 Å². The molecular weight excluding hydrogens is 284 g/mol. The summed E-state index contributed by atoms with van der Waals surface area (Å²) in [4.78, 5) is 4.67. The molecule has 0 saturated heterocycles. The quantitative estimate of drug-likeness (QED) is 0.545. The van der Waals surface area contributed by atoms with Crippen LogP contribution in [-0.2, 0) is 0 Å². The number of rotatable bonds is 4. The normalized spacial score (nSPS) is 12.1. The van der Waals surface area contributed by atoms with Crippen molar-refractivity contribution in [2.75, 3.05) is 0 Å². The van der Waals surface area contributed by atoms with Crippen LogP contribution >= 0.6 is 0 Å². The molecule has 4 heteroatoms. The van der Waals surface area contributed by atoms with Gasteiger partial charge in [-0.1, -0.05) is 45.9 Å². The van der Waals surface area contributed by atoms with Crippen molar-refractivity contribution in [3.8, 4) is 0 Å². The lowest BCUT2D eigenvalue weighted by Gasteiger charge is -2.04. The minimum absolute atomic E-state index is 0.298. The first-order valence-electron chi connectivity index (χ1n) is 8.05. The number of azo groups is 1. The number of imidazole rings is 1. The van der Waals surface area contributed by atoms with Gasteiger partial charge in [-0.2, -0.15) is 0 Å². The highest BCUT2D eigenvalue weighted by molar-refractivity contribution is 5.53. The molecule has 0 atom stereocenters. The Morgan fingerprint density at radius 2 is 1.61 bits per heavy atom. The van der Waals surface area contributed by atoms with Crippen molar-refractivity contribution < 1.29 is 0 Å². The second-order valence-electron chi connectivity index (χ2n) is 6.35. The monoisotopic (exact) mass is 306 g/mol. The van der Waals surface area contributed by atoms with Crippen LogP contribution < -0.4 is 0 Å². The van der Waals surface area contributed by atoms with Crippen molar-refractivity contribution in [3.63, 3.8) is 0 Å². The van der Waals surface area contributed by atoms with E-state index in [1.807, 2.05) is 40.9 Å². The largest absolute Gasteiger partial charge is 0.283 e. The second-order valence-corrected chi connectivity index (χ2v) is 6.35. The van der Waals surface area contributed by atoms with Crippen LogP contribution in [0.4, 0.5) is 11.5 Å². The molecule has 0 amide bonds. The van der Waals surface area contributed by atoms with Crippen LogP contribution in [0.15, 0.2) is 58.9 Å². The summed E-state index contributed by atoms with van der Waals surface area (Å²) in [5.41, 5.74) is 4.04. The van der Waals surface area contributed by atoms with E-state index in [9.17, 15) is 0 Å². The van der Waals surface area contributed by atoms with Crippen LogP contribution in [0.5, 0.6) is 0 Å². The van der Waals surface area contributed by atoms with Crippen molar-refractivity contribution in [1.82, 2.24) is 9.38 Å². The maximum atomic E-state index is 4.67. The van der Waals surface area contributed by atoms with E-state index in [1.54, 1.807) is 0 Å². The lowest BCUT2D eigenvalue weighted by molar-refractivity contribution is 0.831. The average Bonchev–Trinajstić information content (AvgIpc) is 2.92. The summed E-state index contributed by atoms with van der Waals surface area (Å²) < 4.78 is 1.99. The van der Waals surface area contributed by atoms with E-state index in [-0.39, 0.29) is 0 Å². The Balaban J connectivity index is 1.98. The smallest absolute Gasteiger partial charge is 0.183 e. The molecule has 23 heavy (non-hydrogen) atoms. The maximum absolute atomic E-state index is 4.67. The molecule has 0 aliphatic carbocycles. The minimum atomic E-state index is 0.298. The van der Waals surface area contributed by atoms with Gasteiger partial charge in [0.1, 0.15) is 5.65 Å². The van der Waals surface area contributed by atoms with E-state index in [0.717, 1.165) is 22.8 Å². The highest BCUT2D eigenvalue weighted by atomic mass is 15.2. The SMILES string of the molecule is CC(C)c1ccc(N=Nc2c(C(C)C)nc3ccccn23)cc1. The topological polar surface area (TPSA) is 42.0 Å². The molecule has 2 aromatic heterocycles. The Labute approximate surface area is 136 Å². The first-order valence-corrected chi connectivity index (χ1v) is 8.05. The molecule has 4 nitrogen and oxygen atoms in total. The fourth-order valence-corrected chi connectivity index (χ4v) is 2.52. The van der Waals surface area contributed by atoms with Gasteiger partial charge in [-0.25, -0.2) is 4.98 Å². The zero-order valence-electron chi connectivity index (χ0n) is 14.1. The van der Waals surface area contributed by atoms with Crippen LogP contribution in [0.2, 0.25) is 0 Å². The molecule has 0 aliphatic rings. The Morgan fingerprint density at radius 1 is 0.870 bits per heavy atom. The number of pyridine rings is 1. The molecule has 3 rings (SSSR count). The molecule has 0 unspecified atom stereocenters. The van der Waals surface area contributed by atoms with Crippen LogP contribution in [0.3, 0.4) is 0 Å². The second kappa shape index (κ2) is 6.32. The fourth-order valence-electron chi connectivity index (χ4n) is 2.52. The van der Waals surface area contributed by atoms with Gasteiger partial charge in [0.2, 0.25) is 0 Å². The molecule has 0 spiro atoms. The van der Waals surface area contributed by atoms with Gasteiger partial charge in [-0.05, 0) is 41.7 Å². The molecule has 0 radical (unpaired) electrons. The number of aromatic nitrogens is 2. The molecule has 0 aliphatic heterocycles. The van der Waals surface area contributed by atoms with Crippen LogP contribution in [0.25, 0.3) is 5.65 Å². The Kier molecular flexibility index (Phi) is 4.24. The summed E-state index contributed by atoms with van der Waals surface area (Å²) in [5.74, 6) is 1.63. The third kappa shape index (κ3) is 3.16. The third-order valence-electron chi connectivity index (χ3n) is 3.90. The number of benzene rings is 1. The minimum Gasteiger partial charge on any atom is -0.283 e. The van der Waals surface area contributed by atoms with Crippen LogP contribution in [0, 0.1) is 0 Å². The number of hydrogen-bond acceptors (Lipinski definition) is 3. The van der Waals surface area contributed by atoms with Gasteiger partial charge in [0.15, 0.2) is 5.82 Å². The zero-order chi connectivity index (χ0) is 16.4. The van der Waals surface area contributed by atoms with Crippen molar-refractivity contribution in [3.05, 3.63) is 59.9 Å². The van der Waals surface area contributed by atoms with Crippen molar-refractivity contribution in [1.29, 1.82) is 0 Å². The first kappa shape index (κ1) is 15.4. The van der Waals surface area contributed by atoms with Gasteiger partial charge in [0, 0.05) is 6.20 Å². The van der Waals surface area contributed by atoms with E-state index in [1.165, 1.54) is 5.56 Å². The van der Waals surface area contributed by atoms with Gasteiger partial charge in [-0.15, -0.1) is 10.2 Å². The van der Waals surface area contributed by atoms with E-state index in [0.29, 0.717) is 11.8 Å².